The number of hydrogen-bond acceptors (Lipinski definition) is 3. The number of carbonyl (C=O) groups excluding carboxylic acids is 1. The quantitative estimate of drug-likeness (QED) is 0.835. The number of carbonyl (C=O) groups is 1. The van der Waals surface area contributed by atoms with Gasteiger partial charge in [-0.25, -0.2) is 4.39 Å². The number of hydrogen-bond donors (Lipinski definition) is 2. The van der Waals surface area contributed by atoms with E-state index in [1.165, 1.54) is 17.4 Å². The molecule has 0 saturated heterocycles. The highest BCUT2D eigenvalue weighted by atomic mass is 32.1. The van der Waals surface area contributed by atoms with Crippen molar-refractivity contribution in [1.29, 1.82) is 0 Å². The van der Waals surface area contributed by atoms with Gasteiger partial charge in [-0.05, 0) is 30.7 Å². The summed E-state index contributed by atoms with van der Waals surface area (Å²) >= 11 is 1.35. The summed E-state index contributed by atoms with van der Waals surface area (Å²) in [5, 5.41) is 4.23. The molecule has 0 atom stereocenters. The number of halogens is 1. The monoisotopic (exact) mass is 288 g/mol. The average Bonchev–Trinajstić information content (AvgIpc) is 2.88. The fourth-order valence-electron chi connectivity index (χ4n) is 1.57. The standard InChI is InChI=1S/C15H13FN2OS/c1-10-4-5-14(13(16)7-10)18-15(19)11-8-12(20-9-11)3-2-6-17/h4-5,7-9H,6,17H2,1H3,(H,18,19). The van der Waals surface area contributed by atoms with Gasteiger partial charge in [-0.15, -0.1) is 11.3 Å². The molecule has 0 aliphatic heterocycles. The second-order valence-corrected chi connectivity index (χ2v) is 5.05. The Morgan fingerprint density at radius 3 is 2.95 bits per heavy atom. The van der Waals surface area contributed by atoms with Crippen molar-refractivity contribution < 1.29 is 9.18 Å². The first kappa shape index (κ1) is 14.3. The van der Waals surface area contributed by atoms with E-state index in [1.54, 1.807) is 30.5 Å². The number of thiophene rings is 1. The number of nitrogens with one attached hydrogen (secondary N) is 1. The summed E-state index contributed by atoms with van der Waals surface area (Å²) in [5.74, 6) is 4.77. The summed E-state index contributed by atoms with van der Waals surface area (Å²) in [4.78, 5) is 12.7. The molecule has 2 rings (SSSR count). The van der Waals surface area contributed by atoms with Crippen molar-refractivity contribution in [1.82, 2.24) is 0 Å². The highest BCUT2D eigenvalue weighted by Crippen LogP contribution is 2.18. The third kappa shape index (κ3) is 3.44. The molecule has 0 unspecified atom stereocenters. The van der Waals surface area contributed by atoms with Crippen molar-refractivity contribution in [3.05, 3.63) is 51.5 Å². The Bertz CT molecular complexity index is 697. The van der Waals surface area contributed by atoms with Gasteiger partial charge in [-0.3, -0.25) is 4.79 Å². The Morgan fingerprint density at radius 1 is 1.45 bits per heavy atom. The Labute approximate surface area is 120 Å². The molecule has 1 amide bonds. The van der Waals surface area contributed by atoms with Crippen LogP contribution in [0.3, 0.4) is 0 Å². The van der Waals surface area contributed by atoms with Crippen LogP contribution < -0.4 is 11.1 Å². The van der Waals surface area contributed by atoms with Gasteiger partial charge >= 0.3 is 0 Å². The van der Waals surface area contributed by atoms with Crippen molar-refractivity contribution in [2.75, 3.05) is 11.9 Å². The third-order valence-corrected chi connectivity index (χ3v) is 3.39. The fraction of sp³-hybridized carbons (Fsp3) is 0.133. The molecule has 5 heteroatoms. The lowest BCUT2D eigenvalue weighted by Gasteiger charge is -2.05. The van der Waals surface area contributed by atoms with Crippen LogP contribution in [0.25, 0.3) is 0 Å². The van der Waals surface area contributed by atoms with Crippen LogP contribution in [0.1, 0.15) is 20.8 Å². The molecule has 102 valence electrons. The van der Waals surface area contributed by atoms with Crippen LogP contribution in [0, 0.1) is 24.6 Å². The van der Waals surface area contributed by atoms with Gasteiger partial charge in [0.1, 0.15) is 5.82 Å². The summed E-state index contributed by atoms with van der Waals surface area (Å²) in [5.41, 5.74) is 6.71. The molecule has 0 radical (unpaired) electrons. The minimum Gasteiger partial charge on any atom is -0.320 e. The van der Waals surface area contributed by atoms with E-state index < -0.39 is 5.82 Å². The number of nitrogens with two attached hydrogens (primary N) is 1. The van der Waals surface area contributed by atoms with Gasteiger partial charge in [-0.1, -0.05) is 17.9 Å². The number of anilines is 1. The van der Waals surface area contributed by atoms with E-state index in [4.69, 9.17) is 5.73 Å². The van der Waals surface area contributed by atoms with E-state index in [1.807, 2.05) is 0 Å². The molecule has 0 spiro atoms. The second-order valence-electron chi connectivity index (χ2n) is 4.14. The normalized spacial score (nSPS) is 9.75. The zero-order valence-electron chi connectivity index (χ0n) is 10.9. The van der Waals surface area contributed by atoms with Gasteiger partial charge in [-0.2, -0.15) is 0 Å². The van der Waals surface area contributed by atoms with Crippen LogP contribution in [-0.2, 0) is 0 Å². The summed E-state index contributed by atoms with van der Waals surface area (Å²) in [6.07, 6.45) is 0. The predicted octanol–water partition coefficient (Wildman–Crippen LogP) is 2.76. The smallest absolute Gasteiger partial charge is 0.256 e. The van der Waals surface area contributed by atoms with Crippen molar-refractivity contribution >= 4 is 22.9 Å². The Kier molecular flexibility index (Phi) is 4.51. The molecule has 20 heavy (non-hydrogen) atoms. The van der Waals surface area contributed by atoms with E-state index in [0.29, 0.717) is 5.56 Å². The molecule has 2 aromatic rings. The molecule has 0 saturated carbocycles. The molecule has 0 aliphatic rings. The third-order valence-electron chi connectivity index (χ3n) is 2.55. The zero-order valence-corrected chi connectivity index (χ0v) is 11.7. The maximum atomic E-state index is 13.6. The first-order valence-corrected chi connectivity index (χ1v) is 6.83. The summed E-state index contributed by atoms with van der Waals surface area (Å²) in [6, 6.07) is 6.32. The molecule has 1 aromatic heterocycles. The topological polar surface area (TPSA) is 55.1 Å². The van der Waals surface area contributed by atoms with Crippen molar-refractivity contribution in [2.24, 2.45) is 5.73 Å². The molecule has 0 aliphatic carbocycles. The highest BCUT2D eigenvalue weighted by molar-refractivity contribution is 7.10. The van der Waals surface area contributed by atoms with Crippen molar-refractivity contribution in [2.45, 2.75) is 6.92 Å². The zero-order chi connectivity index (χ0) is 14.5. The fourth-order valence-corrected chi connectivity index (χ4v) is 2.33. The van der Waals surface area contributed by atoms with Gasteiger partial charge in [0.2, 0.25) is 0 Å². The summed E-state index contributed by atoms with van der Waals surface area (Å²) < 4.78 is 13.6. The molecule has 3 nitrogen and oxygen atoms in total. The molecular weight excluding hydrogens is 275 g/mol. The lowest BCUT2D eigenvalue weighted by Crippen LogP contribution is -2.12. The van der Waals surface area contributed by atoms with Crippen molar-refractivity contribution in [3.8, 4) is 11.8 Å². The lowest BCUT2D eigenvalue weighted by molar-refractivity contribution is 0.102. The summed E-state index contributed by atoms with van der Waals surface area (Å²) in [7, 11) is 0. The SMILES string of the molecule is Cc1ccc(NC(=O)c2csc(C#CCN)c2)c(F)c1. The number of rotatable bonds is 2. The second kappa shape index (κ2) is 6.33. The van der Waals surface area contributed by atoms with E-state index in [0.717, 1.165) is 10.4 Å². The van der Waals surface area contributed by atoms with Crippen molar-refractivity contribution in [3.63, 3.8) is 0 Å². The van der Waals surface area contributed by atoms with Crippen LogP contribution in [0.15, 0.2) is 29.6 Å². The Balaban J connectivity index is 2.13. The van der Waals surface area contributed by atoms with Gasteiger partial charge < -0.3 is 11.1 Å². The molecule has 3 N–H and O–H groups in total. The van der Waals surface area contributed by atoms with E-state index in [2.05, 4.69) is 17.2 Å². The van der Waals surface area contributed by atoms with Gasteiger partial charge in [0.05, 0.1) is 22.7 Å². The number of aryl methyl sites for hydroxylation is 1. The largest absolute Gasteiger partial charge is 0.320 e. The van der Waals surface area contributed by atoms with Crippen LogP contribution in [-0.4, -0.2) is 12.5 Å². The minimum atomic E-state index is -0.447. The van der Waals surface area contributed by atoms with Crippen LogP contribution in [0.2, 0.25) is 0 Å². The lowest BCUT2D eigenvalue weighted by atomic mass is 10.2. The molecule has 1 heterocycles. The maximum Gasteiger partial charge on any atom is 0.256 e. The van der Waals surface area contributed by atoms with Gasteiger partial charge in [0.15, 0.2) is 0 Å². The number of amides is 1. The first-order valence-electron chi connectivity index (χ1n) is 5.95. The van der Waals surface area contributed by atoms with E-state index in [9.17, 15) is 9.18 Å². The molecular formula is C15H13FN2OS. The van der Waals surface area contributed by atoms with Crippen LogP contribution in [0.4, 0.5) is 10.1 Å². The van der Waals surface area contributed by atoms with Gasteiger partial charge in [0.25, 0.3) is 5.91 Å². The molecule has 0 bridgehead atoms. The Morgan fingerprint density at radius 2 is 2.25 bits per heavy atom. The first-order chi connectivity index (χ1) is 9.60. The van der Waals surface area contributed by atoms with Gasteiger partial charge in [0, 0.05) is 5.38 Å². The molecule has 0 fully saturated rings. The van der Waals surface area contributed by atoms with Crippen LogP contribution >= 0.6 is 11.3 Å². The summed E-state index contributed by atoms with van der Waals surface area (Å²) in [6.45, 7) is 2.06. The Hall–Kier alpha value is -2.16. The minimum absolute atomic E-state index is 0.168. The highest BCUT2D eigenvalue weighted by Gasteiger charge is 2.11. The molecule has 1 aromatic carbocycles. The van der Waals surface area contributed by atoms with Crippen LogP contribution in [0.5, 0.6) is 0 Å². The maximum absolute atomic E-state index is 13.6. The van der Waals surface area contributed by atoms with E-state index >= 15 is 0 Å². The predicted molar refractivity (Wildman–Crippen MR) is 79.3 cm³/mol. The number of benzene rings is 1. The van der Waals surface area contributed by atoms with E-state index in [-0.39, 0.29) is 18.1 Å². The average molecular weight is 288 g/mol.